The molecule has 2 aliphatic rings. The van der Waals surface area contributed by atoms with Gasteiger partial charge >= 0.3 is 7.60 Å². The molecule has 2 heterocycles. The number of epoxide rings is 2. The van der Waals surface area contributed by atoms with Gasteiger partial charge in [-0.15, -0.1) is 13.2 Å². The summed E-state index contributed by atoms with van der Waals surface area (Å²) < 4.78 is 20.2. The lowest BCUT2D eigenvalue weighted by Gasteiger charge is -2.19. The molecule has 0 radical (unpaired) electrons. The molecule has 2 unspecified atom stereocenters. The van der Waals surface area contributed by atoms with Crippen LogP contribution in [0.2, 0.25) is 0 Å². The summed E-state index contributed by atoms with van der Waals surface area (Å²) in [5.41, 5.74) is 2.69. The summed E-state index contributed by atoms with van der Waals surface area (Å²) in [4.78, 5) is 20.6. The van der Waals surface area contributed by atoms with Gasteiger partial charge in [0.2, 0.25) is 0 Å². The van der Waals surface area contributed by atoms with Gasteiger partial charge in [-0.1, -0.05) is 79.7 Å². The molecule has 0 aliphatic carbocycles. The minimum absolute atomic E-state index is 0.0625. The Morgan fingerprint density at radius 3 is 1.42 bits per heavy atom. The summed E-state index contributed by atoms with van der Waals surface area (Å²) in [5.74, 6) is 0. The van der Waals surface area contributed by atoms with Gasteiger partial charge in [-0.2, -0.15) is 0 Å². The number of nitrogens with zero attached hydrogens (tertiary/aromatic N) is 2. The number of ether oxygens (including phenoxy) is 2. The van der Waals surface area contributed by atoms with Crippen molar-refractivity contribution in [3.05, 3.63) is 97.1 Å². The first kappa shape index (κ1) is 30.1. The zero-order valence-electron chi connectivity index (χ0n) is 21.3. The van der Waals surface area contributed by atoms with Gasteiger partial charge in [0.05, 0.1) is 25.4 Å². The maximum atomic E-state index is 9.69. The molecule has 0 amide bonds. The smallest absolute Gasteiger partial charge is 0.325 e. The average molecular weight is 517 g/mol. The Morgan fingerprint density at radius 1 is 0.833 bits per heavy atom. The molecule has 0 spiro atoms. The van der Waals surface area contributed by atoms with Crippen molar-refractivity contribution in [2.75, 3.05) is 45.6 Å². The Labute approximate surface area is 216 Å². The highest BCUT2D eigenvalue weighted by Crippen LogP contribution is 2.32. The van der Waals surface area contributed by atoms with Gasteiger partial charge in [0, 0.05) is 45.4 Å². The topological polar surface area (TPSA) is 89.1 Å². The van der Waals surface area contributed by atoms with Crippen molar-refractivity contribution in [3.8, 4) is 0 Å². The van der Waals surface area contributed by atoms with Gasteiger partial charge in [0.25, 0.3) is 0 Å². The molecule has 0 bridgehead atoms. The van der Waals surface area contributed by atoms with Crippen LogP contribution >= 0.6 is 7.60 Å². The van der Waals surface area contributed by atoms with Crippen LogP contribution in [0.1, 0.15) is 18.1 Å². The van der Waals surface area contributed by atoms with Crippen molar-refractivity contribution in [3.63, 3.8) is 0 Å². The summed E-state index contributed by atoms with van der Waals surface area (Å²) in [7, 11) is -3.65. The summed E-state index contributed by atoms with van der Waals surface area (Å²) in [6.07, 6.45) is 4.74. The Bertz CT molecular complexity index is 849. The van der Waals surface area contributed by atoms with Crippen LogP contribution in [0.25, 0.3) is 0 Å². The predicted molar refractivity (Wildman–Crippen MR) is 146 cm³/mol. The van der Waals surface area contributed by atoms with E-state index in [0.29, 0.717) is 12.2 Å². The van der Waals surface area contributed by atoms with E-state index in [1.54, 1.807) is 0 Å². The fourth-order valence-corrected chi connectivity index (χ4v) is 3.38. The number of rotatable bonds is 13. The summed E-state index contributed by atoms with van der Waals surface area (Å²) in [5, 5.41) is 0. The van der Waals surface area contributed by atoms with E-state index in [1.807, 2.05) is 24.3 Å². The van der Waals surface area contributed by atoms with Gasteiger partial charge in [0.15, 0.2) is 0 Å². The lowest BCUT2D eigenvalue weighted by Crippen LogP contribution is -2.27. The first-order chi connectivity index (χ1) is 17.3. The summed E-state index contributed by atoms with van der Waals surface area (Å²) in [6.45, 7) is 16.7. The SMILES string of the molecule is C=CCN(Cc1ccccc1)CC1CO1.C=CCN(Cc1ccccc1)CC1CO1.CCP(=O)(O)O. The standard InChI is InChI=1S/2C13H17NO.C2H7O3P/c2*1-2-8-14(10-13-11-15-13)9-12-6-4-3-5-7-12;1-2-6(3,4)5/h2*2-7,13H,1,8-11H2;2H2,1H3,(H2,3,4,5). The van der Waals surface area contributed by atoms with Crippen molar-refractivity contribution < 1.29 is 23.8 Å². The molecule has 2 atom stereocenters. The lowest BCUT2D eigenvalue weighted by atomic mass is 10.2. The van der Waals surface area contributed by atoms with E-state index in [4.69, 9.17) is 19.3 Å². The van der Waals surface area contributed by atoms with E-state index < -0.39 is 7.60 Å². The summed E-state index contributed by atoms with van der Waals surface area (Å²) >= 11 is 0. The molecule has 2 aromatic carbocycles. The van der Waals surface area contributed by atoms with Gasteiger partial charge in [-0.3, -0.25) is 14.4 Å². The number of hydrogen-bond acceptors (Lipinski definition) is 5. The second kappa shape index (κ2) is 16.6. The van der Waals surface area contributed by atoms with Crippen molar-refractivity contribution in [2.24, 2.45) is 0 Å². The predicted octanol–water partition coefficient (Wildman–Crippen LogP) is 4.33. The molecule has 2 saturated heterocycles. The number of hydrogen-bond donors (Lipinski definition) is 2. The molecular formula is C28H41N2O5P. The first-order valence-electron chi connectivity index (χ1n) is 12.3. The third-order valence-electron chi connectivity index (χ3n) is 5.41. The Balaban J connectivity index is 0.000000208. The molecular weight excluding hydrogens is 475 g/mol. The molecule has 2 aromatic rings. The van der Waals surface area contributed by atoms with Crippen LogP contribution in [0.15, 0.2) is 86.0 Å². The van der Waals surface area contributed by atoms with Crippen LogP contribution in [0.5, 0.6) is 0 Å². The van der Waals surface area contributed by atoms with E-state index in [-0.39, 0.29) is 6.16 Å². The van der Waals surface area contributed by atoms with Crippen LogP contribution in [-0.2, 0) is 27.1 Å². The second-order valence-corrected chi connectivity index (χ2v) is 10.8. The Hall–Kier alpha value is -2.09. The lowest BCUT2D eigenvalue weighted by molar-refractivity contribution is 0.256. The highest BCUT2D eigenvalue weighted by Gasteiger charge is 2.25. The molecule has 2 fully saturated rings. The van der Waals surface area contributed by atoms with Crippen LogP contribution in [-0.4, -0.2) is 77.3 Å². The maximum Gasteiger partial charge on any atom is 0.325 e. The zero-order valence-corrected chi connectivity index (χ0v) is 22.2. The van der Waals surface area contributed by atoms with Crippen molar-refractivity contribution in [2.45, 2.75) is 32.2 Å². The van der Waals surface area contributed by atoms with Gasteiger partial charge < -0.3 is 19.3 Å². The van der Waals surface area contributed by atoms with Crippen LogP contribution in [0, 0.1) is 0 Å². The molecule has 8 heteroatoms. The highest BCUT2D eigenvalue weighted by atomic mass is 31.2. The molecule has 2 aliphatic heterocycles. The van der Waals surface area contributed by atoms with Crippen LogP contribution in [0.4, 0.5) is 0 Å². The number of benzene rings is 2. The Kier molecular flexibility index (Phi) is 13.9. The van der Waals surface area contributed by atoms with Crippen LogP contribution < -0.4 is 0 Å². The largest absolute Gasteiger partial charge is 0.372 e. The van der Waals surface area contributed by atoms with E-state index in [0.717, 1.165) is 52.5 Å². The van der Waals surface area contributed by atoms with Gasteiger partial charge in [-0.05, 0) is 11.1 Å². The van der Waals surface area contributed by atoms with E-state index in [2.05, 4.69) is 71.5 Å². The van der Waals surface area contributed by atoms with E-state index in [9.17, 15) is 4.57 Å². The third-order valence-corrected chi connectivity index (χ3v) is 6.24. The fraction of sp³-hybridized carbons (Fsp3) is 0.429. The third kappa shape index (κ3) is 15.1. The molecule has 36 heavy (non-hydrogen) atoms. The monoisotopic (exact) mass is 516 g/mol. The van der Waals surface area contributed by atoms with Crippen molar-refractivity contribution in [1.29, 1.82) is 0 Å². The fourth-order valence-electron chi connectivity index (χ4n) is 3.38. The first-order valence-corrected chi connectivity index (χ1v) is 14.1. The van der Waals surface area contributed by atoms with Gasteiger partial charge in [-0.25, -0.2) is 0 Å². The molecule has 198 valence electrons. The molecule has 0 saturated carbocycles. The van der Waals surface area contributed by atoms with Gasteiger partial charge in [0.1, 0.15) is 0 Å². The van der Waals surface area contributed by atoms with E-state index in [1.165, 1.54) is 18.1 Å². The Morgan fingerprint density at radius 2 is 1.17 bits per heavy atom. The second-order valence-electron chi connectivity index (χ2n) is 8.83. The minimum atomic E-state index is -3.65. The summed E-state index contributed by atoms with van der Waals surface area (Å²) in [6, 6.07) is 21.0. The normalized spacial score (nSPS) is 17.9. The van der Waals surface area contributed by atoms with Crippen molar-refractivity contribution in [1.82, 2.24) is 9.80 Å². The molecule has 7 nitrogen and oxygen atoms in total. The average Bonchev–Trinajstić information content (AvgIpc) is 3.79. The van der Waals surface area contributed by atoms with Crippen molar-refractivity contribution >= 4 is 7.60 Å². The minimum Gasteiger partial charge on any atom is -0.372 e. The van der Waals surface area contributed by atoms with E-state index >= 15 is 0 Å². The quantitative estimate of drug-likeness (QED) is 0.233. The highest BCUT2D eigenvalue weighted by molar-refractivity contribution is 7.51. The molecule has 4 rings (SSSR count). The zero-order chi connectivity index (χ0) is 26.2. The molecule has 2 N–H and O–H groups in total. The van der Waals surface area contributed by atoms with Crippen LogP contribution in [0.3, 0.4) is 0 Å². The maximum absolute atomic E-state index is 9.69. The molecule has 0 aromatic heterocycles.